The summed E-state index contributed by atoms with van der Waals surface area (Å²) in [5.74, 6) is -0.175. The molecule has 0 spiro atoms. The van der Waals surface area contributed by atoms with Gasteiger partial charge in [-0.2, -0.15) is 0 Å². The van der Waals surface area contributed by atoms with Crippen molar-refractivity contribution >= 4 is 5.69 Å². The van der Waals surface area contributed by atoms with Crippen molar-refractivity contribution in [1.82, 2.24) is 5.32 Å². The number of halogens is 1. The molecule has 0 aliphatic carbocycles. The summed E-state index contributed by atoms with van der Waals surface area (Å²) in [4.78, 5) is 2.08. The summed E-state index contributed by atoms with van der Waals surface area (Å²) in [6.45, 7) is 5.39. The van der Waals surface area contributed by atoms with Gasteiger partial charge in [0.25, 0.3) is 0 Å². The fraction of sp³-hybridized carbons (Fsp3) is 0.625. The number of hydrogen-bond acceptors (Lipinski definition) is 3. The highest BCUT2D eigenvalue weighted by atomic mass is 19.1. The van der Waals surface area contributed by atoms with Gasteiger partial charge < -0.3 is 15.3 Å². The number of rotatable bonds is 3. The van der Waals surface area contributed by atoms with E-state index in [1.165, 1.54) is 6.07 Å². The van der Waals surface area contributed by atoms with Crippen LogP contribution in [-0.2, 0) is 0 Å². The Morgan fingerprint density at radius 2 is 2.10 bits per heavy atom. The molecule has 1 heterocycles. The predicted octanol–water partition coefficient (Wildman–Crippen LogP) is 2.85. The van der Waals surface area contributed by atoms with Crippen LogP contribution in [0.3, 0.4) is 0 Å². The lowest BCUT2D eigenvalue weighted by Gasteiger charge is -2.28. The minimum atomic E-state index is -0.630. The standard InChI is InChI=1S/C16H25FN2O/c1-12(18-3)13-6-4-7-14(17)15(13)19-10-5-8-16(2,20)9-11-19/h4,6-7,12,18,20H,5,8-11H2,1-3H3. The SMILES string of the molecule is CNC(C)c1cccc(F)c1N1CCCC(C)(O)CC1. The van der Waals surface area contributed by atoms with Crippen molar-refractivity contribution < 1.29 is 9.50 Å². The molecule has 0 radical (unpaired) electrons. The van der Waals surface area contributed by atoms with Crippen LogP contribution in [-0.4, -0.2) is 30.8 Å². The third-order valence-electron chi connectivity index (χ3n) is 4.30. The highest BCUT2D eigenvalue weighted by molar-refractivity contribution is 5.56. The summed E-state index contributed by atoms with van der Waals surface area (Å²) in [6, 6.07) is 5.35. The van der Waals surface area contributed by atoms with Gasteiger partial charge >= 0.3 is 0 Å². The van der Waals surface area contributed by atoms with E-state index in [0.29, 0.717) is 18.7 Å². The second kappa shape index (κ2) is 6.10. The fourth-order valence-electron chi connectivity index (χ4n) is 2.86. The maximum atomic E-state index is 14.3. The Morgan fingerprint density at radius 3 is 2.80 bits per heavy atom. The minimum Gasteiger partial charge on any atom is -0.390 e. The summed E-state index contributed by atoms with van der Waals surface area (Å²) in [5, 5.41) is 13.4. The maximum absolute atomic E-state index is 14.3. The zero-order valence-electron chi connectivity index (χ0n) is 12.6. The zero-order chi connectivity index (χ0) is 14.8. The first-order valence-corrected chi connectivity index (χ1v) is 7.37. The van der Waals surface area contributed by atoms with Crippen molar-refractivity contribution in [2.75, 3.05) is 25.0 Å². The van der Waals surface area contributed by atoms with Gasteiger partial charge in [0, 0.05) is 19.1 Å². The van der Waals surface area contributed by atoms with E-state index < -0.39 is 5.60 Å². The lowest BCUT2D eigenvalue weighted by atomic mass is 9.98. The molecule has 112 valence electrons. The van der Waals surface area contributed by atoms with E-state index in [-0.39, 0.29) is 11.9 Å². The van der Waals surface area contributed by atoms with E-state index in [9.17, 15) is 9.50 Å². The van der Waals surface area contributed by atoms with Crippen LogP contribution in [0, 0.1) is 5.82 Å². The third-order valence-corrected chi connectivity index (χ3v) is 4.30. The van der Waals surface area contributed by atoms with Gasteiger partial charge in [-0.25, -0.2) is 4.39 Å². The normalized spacial score (nSPS) is 25.4. The molecule has 0 bridgehead atoms. The fourth-order valence-corrected chi connectivity index (χ4v) is 2.86. The van der Waals surface area contributed by atoms with E-state index in [2.05, 4.69) is 10.2 Å². The molecule has 1 fully saturated rings. The number of para-hydroxylation sites is 1. The van der Waals surface area contributed by atoms with Crippen molar-refractivity contribution in [2.24, 2.45) is 0 Å². The zero-order valence-corrected chi connectivity index (χ0v) is 12.6. The molecule has 2 rings (SSSR count). The monoisotopic (exact) mass is 280 g/mol. The third kappa shape index (κ3) is 3.30. The van der Waals surface area contributed by atoms with Crippen LogP contribution in [0.15, 0.2) is 18.2 Å². The maximum Gasteiger partial charge on any atom is 0.146 e. The Balaban J connectivity index is 2.32. The van der Waals surface area contributed by atoms with E-state index in [1.54, 1.807) is 6.07 Å². The molecule has 0 aromatic heterocycles. The number of nitrogens with one attached hydrogen (secondary N) is 1. The second-order valence-corrected chi connectivity index (χ2v) is 6.03. The van der Waals surface area contributed by atoms with Crippen LogP contribution in [0.1, 0.15) is 44.7 Å². The van der Waals surface area contributed by atoms with E-state index >= 15 is 0 Å². The molecule has 3 nitrogen and oxygen atoms in total. The van der Waals surface area contributed by atoms with Gasteiger partial charge in [-0.3, -0.25) is 0 Å². The summed E-state index contributed by atoms with van der Waals surface area (Å²) in [6.07, 6.45) is 2.33. The molecule has 20 heavy (non-hydrogen) atoms. The molecule has 2 atom stereocenters. The van der Waals surface area contributed by atoms with Gasteiger partial charge in [0.05, 0.1) is 11.3 Å². The van der Waals surface area contributed by atoms with Crippen molar-refractivity contribution in [3.8, 4) is 0 Å². The van der Waals surface area contributed by atoms with Crippen molar-refractivity contribution in [3.05, 3.63) is 29.6 Å². The molecular weight excluding hydrogens is 255 g/mol. The predicted molar refractivity (Wildman–Crippen MR) is 80.6 cm³/mol. The lowest BCUT2D eigenvalue weighted by molar-refractivity contribution is 0.0481. The van der Waals surface area contributed by atoms with E-state index in [1.807, 2.05) is 27.0 Å². The van der Waals surface area contributed by atoms with Gasteiger partial charge in [0.1, 0.15) is 5.82 Å². The molecule has 1 aromatic carbocycles. The van der Waals surface area contributed by atoms with Gasteiger partial charge in [-0.15, -0.1) is 0 Å². The molecule has 1 aliphatic heterocycles. The first kappa shape index (κ1) is 15.3. The molecular formula is C16H25FN2O. The smallest absolute Gasteiger partial charge is 0.146 e. The highest BCUT2D eigenvalue weighted by Crippen LogP contribution is 2.32. The molecule has 1 aromatic rings. The van der Waals surface area contributed by atoms with E-state index in [0.717, 1.165) is 24.9 Å². The molecule has 1 saturated heterocycles. The molecule has 0 saturated carbocycles. The topological polar surface area (TPSA) is 35.5 Å². The Morgan fingerprint density at radius 1 is 1.35 bits per heavy atom. The second-order valence-electron chi connectivity index (χ2n) is 6.03. The van der Waals surface area contributed by atoms with Crippen LogP contribution in [0.2, 0.25) is 0 Å². The number of hydrogen-bond donors (Lipinski definition) is 2. The highest BCUT2D eigenvalue weighted by Gasteiger charge is 2.27. The van der Waals surface area contributed by atoms with Crippen molar-refractivity contribution in [3.63, 3.8) is 0 Å². The van der Waals surface area contributed by atoms with Crippen LogP contribution < -0.4 is 10.2 Å². The Kier molecular flexibility index (Phi) is 4.66. The number of anilines is 1. The summed E-state index contributed by atoms with van der Waals surface area (Å²) >= 11 is 0. The van der Waals surface area contributed by atoms with Crippen LogP contribution in [0.4, 0.5) is 10.1 Å². The molecule has 0 amide bonds. The first-order valence-electron chi connectivity index (χ1n) is 7.37. The molecule has 2 N–H and O–H groups in total. The van der Waals surface area contributed by atoms with Gasteiger partial charge in [0.15, 0.2) is 0 Å². The largest absolute Gasteiger partial charge is 0.390 e. The van der Waals surface area contributed by atoms with Crippen LogP contribution >= 0.6 is 0 Å². The number of benzene rings is 1. The molecule has 4 heteroatoms. The number of nitrogens with zero attached hydrogens (tertiary/aromatic N) is 1. The summed E-state index contributed by atoms with van der Waals surface area (Å²) in [7, 11) is 1.88. The minimum absolute atomic E-state index is 0.101. The Bertz CT molecular complexity index is 462. The summed E-state index contributed by atoms with van der Waals surface area (Å²) < 4.78 is 14.3. The van der Waals surface area contributed by atoms with Gasteiger partial charge in [-0.05, 0) is 51.8 Å². The average Bonchev–Trinajstić information content (AvgIpc) is 2.58. The summed E-state index contributed by atoms with van der Waals surface area (Å²) in [5.41, 5.74) is 1.04. The Labute approximate surface area is 120 Å². The molecule has 1 aliphatic rings. The van der Waals surface area contributed by atoms with Crippen LogP contribution in [0.5, 0.6) is 0 Å². The first-order chi connectivity index (χ1) is 9.44. The lowest BCUT2D eigenvalue weighted by Crippen LogP contribution is -2.30. The Hall–Kier alpha value is -1.13. The van der Waals surface area contributed by atoms with Crippen molar-refractivity contribution in [2.45, 2.75) is 44.8 Å². The average molecular weight is 280 g/mol. The number of aliphatic hydroxyl groups is 1. The molecule has 2 unspecified atom stereocenters. The van der Waals surface area contributed by atoms with Gasteiger partial charge in [0.2, 0.25) is 0 Å². The quantitative estimate of drug-likeness (QED) is 0.893. The van der Waals surface area contributed by atoms with E-state index in [4.69, 9.17) is 0 Å². The van der Waals surface area contributed by atoms with Crippen molar-refractivity contribution in [1.29, 1.82) is 0 Å². The van der Waals surface area contributed by atoms with Crippen LogP contribution in [0.25, 0.3) is 0 Å². The van der Waals surface area contributed by atoms with Gasteiger partial charge in [-0.1, -0.05) is 12.1 Å².